The van der Waals surface area contributed by atoms with Gasteiger partial charge in [0.1, 0.15) is 17.6 Å². The van der Waals surface area contributed by atoms with Crippen molar-refractivity contribution < 1.29 is 19.0 Å². The summed E-state index contributed by atoms with van der Waals surface area (Å²) in [4.78, 5) is 6.23. The Morgan fingerprint density at radius 2 is 2.17 bits per heavy atom. The molecule has 126 valence electrons. The average Bonchev–Trinajstić information content (AvgIpc) is 3.21. The van der Waals surface area contributed by atoms with Gasteiger partial charge in [0.2, 0.25) is 0 Å². The van der Waals surface area contributed by atoms with Crippen LogP contribution in [0, 0.1) is 5.92 Å². The van der Waals surface area contributed by atoms with Gasteiger partial charge in [-0.25, -0.2) is 0 Å². The van der Waals surface area contributed by atoms with Gasteiger partial charge in [0, 0.05) is 5.56 Å². The third kappa shape index (κ3) is 2.56. The maximum atomic E-state index is 5.82. The van der Waals surface area contributed by atoms with Crippen molar-refractivity contribution in [2.24, 2.45) is 16.2 Å². The van der Waals surface area contributed by atoms with Gasteiger partial charge in [-0.3, -0.25) is 5.43 Å². The van der Waals surface area contributed by atoms with Crippen molar-refractivity contribution in [2.75, 3.05) is 13.7 Å². The van der Waals surface area contributed by atoms with E-state index in [1.54, 1.807) is 14.0 Å². The molecule has 4 unspecified atom stereocenters. The number of benzene rings is 1. The maximum Gasteiger partial charge on any atom is 0.200 e. The molecule has 2 saturated heterocycles. The van der Waals surface area contributed by atoms with Gasteiger partial charge in [0.15, 0.2) is 12.4 Å². The number of oxime groups is 1. The van der Waals surface area contributed by atoms with Gasteiger partial charge in [-0.2, -0.15) is 5.10 Å². The van der Waals surface area contributed by atoms with Gasteiger partial charge in [0.05, 0.1) is 30.3 Å². The van der Waals surface area contributed by atoms with Crippen LogP contribution in [0.1, 0.15) is 12.5 Å². The molecule has 0 saturated carbocycles. The molecule has 0 aromatic heterocycles. The van der Waals surface area contributed by atoms with Gasteiger partial charge >= 0.3 is 0 Å². The number of ether oxygens (including phenoxy) is 3. The van der Waals surface area contributed by atoms with Crippen LogP contribution >= 0.6 is 12.2 Å². The lowest BCUT2D eigenvalue weighted by Gasteiger charge is -2.30. The quantitative estimate of drug-likeness (QED) is 0.659. The molecule has 1 N–H and O–H groups in total. The SMILES string of the molecule is COc1ccc(C2=NOC3C4COC(O4)C(=NNC(C)=S)C23)cc1. The number of methoxy groups -OCH3 is 1. The molecule has 4 atom stereocenters. The van der Waals surface area contributed by atoms with Crippen molar-refractivity contribution in [3.05, 3.63) is 29.8 Å². The summed E-state index contributed by atoms with van der Waals surface area (Å²) < 4.78 is 16.7. The Kier molecular flexibility index (Phi) is 3.95. The number of thiocarbonyl (C=S) groups is 1. The summed E-state index contributed by atoms with van der Waals surface area (Å²) >= 11 is 5.04. The van der Waals surface area contributed by atoms with Gasteiger partial charge in [-0.05, 0) is 31.2 Å². The minimum Gasteiger partial charge on any atom is -0.497 e. The van der Waals surface area contributed by atoms with E-state index in [4.69, 9.17) is 31.3 Å². The van der Waals surface area contributed by atoms with Crippen molar-refractivity contribution in [1.29, 1.82) is 0 Å². The summed E-state index contributed by atoms with van der Waals surface area (Å²) in [5.41, 5.74) is 5.30. The zero-order chi connectivity index (χ0) is 16.7. The molecule has 0 spiro atoms. The number of nitrogens with zero attached hydrogens (tertiary/aromatic N) is 2. The van der Waals surface area contributed by atoms with Crippen LogP contribution < -0.4 is 10.2 Å². The van der Waals surface area contributed by atoms with Crippen LogP contribution in [0.2, 0.25) is 0 Å². The van der Waals surface area contributed by atoms with E-state index < -0.39 is 6.29 Å². The van der Waals surface area contributed by atoms with E-state index in [1.807, 2.05) is 24.3 Å². The van der Waals surface area contributed by atoms with Crippen LogP contribution in [0.4, 0.5) is 0 Å². The molecular formula is C16H17N3O4S. The monoisotopic (exact) mass is 347 g/mol. The van der Waals surface area contributed by atoms with Crippen LogP contribution in [-0.2, 0) is 14.3 Å². The first-order valence-electron chi connectivity index (χ1n) is 7.66. The summed E-state index contributed by atoms with van der Waals surface area (Å²) in [6.45, 7) is 2.23. The highest BCUT2D eigenvalue weighted by atomic mass is 32.1. The topological polar surface area (TPSA) is 73.7 Å². The number of hydrogen-bond acceptors (Lipinski definition) is 7. The third-order valence-corrected chi connectivity index (χ3v) is 4.35. The minimum absolute atomic E-state index is 0.133. The van der Waals surface area contributed by atoms with E-state index >= 15 is 0 Å². The Morgan fingerprint density at radius 3 is 2.88 bits per heavy atom. The standard InChI is InChI=1S/C16H17N3O4S/c1-8(24)17-18-14-12-13(9-3-5-10(20-2)6-4-9)19-23-15(12)11-7-21-16(14)22-11/h3-6,11-12,15-16H,7H2,1-2H3,(H,17,24). The summed E-state index contributed by atoms with van der Waals surface area (Å²) in [5, 5.41) is 8.70. The van der Waals surface area contributed by atoms with Gasteiger partial charge in [-0.1, -0.05) is 17.4 Å². The van der Waals surface area contributed by atoms with E-state index in [2.05, 4.69) is 15.7 Å². The second-order valence-corrected chi connectivity index (χ2v) is 6.41. The summed E-state index contributed by atoms with van der Waals surface area (Å²) in [6.07, 6.45) is -0.887. The number of fused-ring (bicyclic) bond motifs is 4. The van der Waals surface area contributed by atoms with Crippen LogP contribution in [-0.4, -0.2) is 48.6 Å². The molecule has 3 aliphatic heterocycles. The summed E-state index contributed by atoms with van der Waals surface area (Å²) in [6, 6.07) is 7.70. The first-order valence-corrected chi connectivity index (χ1v) is 8.07. The molecule has 24 heavy (non-hydrogen) atoms. The Hall–Kier alpha value is -2.03. The largest absolute Gasteiger partial charge is 0.497 e. The fourth-order valence-electron chi connectivity index (χ4n) is 3.13. The van der Waals surface area contributed by atoms with Crippen molar-refractivity contribution >= 4 is 28.6 Å². The Balaban J connectivity index is 1.69. The molecule has 2 fully saturated rings. The lowest BCUT2D eigenvalue weighted by Crippen LogP contribution is -2.49. The van der Waals surface area contributed by atoms with Crippen LogP contribution in [0.15, 0.2) is 34.5 Å². The molecule has 0 aliphatic carbocycles. The highest BCUT2D eigenvalue weighted by molar-refractivity contribution is 7.80. The lowest BCUT2D eigenvalue weighted by atomic mass is 9.84. The van der Waals surface area contributed by atoms with E-state index in [0.29, 0.717) is 17.3 Å². The normalized spacial score (nSPS) is 32.1. The van der Waals surface area contributed by atoms with Gasteiger partial charge < -0.3 is 19.0 Å². The number of rotatable bonds is 3. The zero-order valence-electron chi connectivity index (χ0n) is 13.3. The second-order valence-electron chi connectivity index (χ2n) is 5.80. The highest BCUT2D eigenvalue weighted by Gasteiger charge is 2.55. The van der Waals surface area contributed by atoms with Crippen molar-refractivity contribution in [2.45, 2.75) is 25.4 Å². The average molecular weight is 347 g/mol. The molecule has 8 heteroatoms. The highest BCUT2D eigenvalue weighted by Crippen LogP contribution is 2.38. The number of nitrogens with one attached hydrogen (secondary N) is 1. The van der Waals surface area contributed by atoms with E-state index in [1.165, 1.54) is 0 Å². The van der Waals surface area contributed by atoms with Crippen LogP contribution in [0.25, 0.3) is 0 Å². The fraction of sp³-hybridized carbons (Fsp3) is 0.438. The number of hydrogen-bond donors (Lipinski definition) is 1. The zero-order valence-corrected chi connectivity index (χ0v) is 14.1. The van der Waals surface area contributed by atoms with Crippen LogP contribution in [0.5, 0.6) is 5.75 Å². The van der Waals surface area contributed by atoms with Crippen molar-refractivity contribution in [1.82, 2.24) is 5.43 Å². The van der Waals surface area contributed by atoms with E-state index in [9.17, 15) is 0 Å². The Labute approximate surface area is 144 Å². The maximum absolute atomic E-state index is 5.82. The number of hydrazone groups is 1. The molecule has 7 nitrogen and oxygen atoms in total. The van der Waals surface area contributed by atoms with Crippen molar-refractivity contribution in [3.63, 3.8) is 0 Å². The molecular weight excluding hydrogens is 330 g/mol. The first kappa shape index (κ1) is 15.5. The summed E-state index contributed by atoms with van der Waals surface area (Å²) in [7, 11) is 1.64. The van der Waals surface area contributed by atoms with Gasteiger partial charge in [0.25, 0.3) is 0 Å². The fourth-order valence-corrected chi connectivity index (χ4v) is 3.18. The second kappa shape index (κ2) is 6.12. The molecule has 0 radical (unpaired) electrons. The summed E-state index contributed by atoms with van der Waals surface area (Å²) in [5.74, 6) is 0.656. The Morgan fingerprint density at radius 1 is 1.38 bits per heavy atom. The molecule has 0 amide bonds. The van der Waals surface area contributed by atoms with Crippen LogP contribution in [0.3, 0.4) is 0 Å². The van der Waals surface area contributed by atoms with E-state index in [0.717, 1.165) is 17.0 Å². The molecule has 3 heterocycles. The molecule has 4 rings (SSSR count). The minimum atomic E-state index is -0.497. The van der Waals surface area contributed by atoms with E-state index in [-0.39, 0.29) is 18.1 Å². The predicted molar refractivity (Wildman–Crippen MR) is 91.3 cm³/mol. The lowest BCUT2D eigenvalue weighted by molar-refractivity contribution is -0.0812. The van der Waals surface area contributed by atoms with Gasteiger partial charge in [-0.15, -0.1) is 0 Å². The predicted octanol–water partition coefficient (Wildman–Crippen LogP) is 1.46. The van der Waals surface area contributed by atoms with Crippen molar-refractivity contribution in [3.8, 4) is 5.75 Å². The first-order chi connectivity index (χ1) is 11.7. The molecule has 2 bridgehead atoms. The smallest absolute Gasteiger partial charge is 0.200 e. The molecule has 1 aromatic rings. The Bertz CT molecular complexity index is 719. The molecule has 3 aliphatic rings. The molecule has 1 aromatic carbocycles. The third-order valence-electron chi connectivity index (χ3n) is 4.26.